The average molecular weight is 191 g/mol. The third kappa shape index (κ3) is 4.31. The highest BCUT2D eigenvalue weighted by Crippen LogP contribution is 1.97. The summed E-state index contributed by atoms with van der Waals surface area (Å²) >= 11 is 0. The Morgan fingerprint density at radius 3 is 1.33 bits per heavy atom. The van der Waals surface area contributed by atoms with Gasteiger partial charge in [0.1, 0.15) is 0 Å². The maximum absolute atomic E-state index is 8.51. The fourth-order valence-electron chi connectivity index (χ4n) is 0.427. The lowest BCUT2D eigenvalue weighted by atomic mass is 10.9. The zero-order chi connectivity index (χ0) is 9.56. The number of nitrogens with zero attached hydrogens (tertiary/aromatic N) is 3. The van der Waals surface area contributed by atoms with Crippen LogP contribution in [0.25, 0.3) is 0 Å². The Balaban J connectivity index is 0.000000354. The van der Waals surface area contributed by atoms with Gasteiger partial charge in [0.05, 0.1) is 0 Å². The largest absolute Gasteiger partial charge is 0.491 e. The van der Waals surface area contributed by atoms with E-state index in [9.17, 15) is 0 Å². The van der Waals surface area contributed by atoms with Gasteiger partial charge in [0.15, 0.2) is 0 Å². The Labute approximate surface area is 69.1 Å². The van der Waals surface area contributed by atoms with Crippen molar-refractivity contribution in [2.75, 3.05) is 17.2 Å². The molecule has 9 heteroatoms. The van der Waals surface area contributed by atoms with E-state index in [0.717, 1.165) is 0 Å². The number of nitrogens with two attached hydrogens (primary N) is 3. The Morgan fingerprint density at radius 1 is 1.00 bits per heavy atom. The van der Waals surface area contributed by atoms with Crippen LogP contribution in [0.15, 0.2) is 0 Å². The lowest BCUT2D eigenvalue weighted by Crippen LogP contribution is -2.05. The van der Waals surface area contributed by atoms with Gasteiger partial charge in [-0.05, 0) is 4.57 Å². The van der Waals surface area contributed by atoms with Gasteiger partial charge < -0.3 is 17.2 Å². The van der Waals surface area contributed by atoms with E-state index in [1.165, 1.54) is 0 Å². The molecular formula is C3H8N6O2P+. The van der Waals surface area contributed by atoms with Crippen LogP contribution in [0, 0.1) is 0 Å². The normalized spacial score (nSPS) is 8.75. The molecule has 8 nitrogen and oxygen atoms in total. The van der Waals surface area contributed by atoms with Crippen LogP contribution in [0.1, 0.15) is 0 Å². The van der Waals surface area contributed by atoms with Crippen molar-refractivity contribution in [3.63, 3.8) is 0 Å². The molecule has 1 aromatic rings. The highest BCUT2D eigenvalue weighted by molar-refractivity contribution is 7.16. The van der Waals surface area contributed by atoms with E-state index in [1.807, 2.05) is 0 Å². The van der Waals surface area contributed by atoms with E-state index in [1.54, 1.807) is 0 Å². The predicted octanol–water partition coefficient (Wildman–Crippen LogP) is -1.46. The maximum atomic E-state index is 8.51. The number of anilines is 3. The SMILES string of the molecule is Nc1nc(N)nc(N)n1.O=[PH+]O. The minimum atomic E-state index is -1.17. The van der Waals surface area contributed by atoms with Crippen LogP contribution in [0.5, 0.6) is 0 Å². The molecule has 0 spiro atoms. The van der Waals surface area contributed by atoms with Crippen LogP contribution < -0.4 is 17.2 Å². The average Bonchev–Trinajstić information content (AvgIpc) is 1.84. The van der Waals surface area contributed by atoms with Crippen LogP contribution in [0.4, 0.5) is 17.8 Å². The van der Waals surface area contributed by atoms with E-state index in [4.69, 9.17) is 26.7 Å². The highest BCUT2D eigenvalue weighted by atomic mass is 31.1. The molecule has 0 aromatic carbocycles. The van der Waals surface area contributed by atoms with Crippen molar-refractivity contribution >= 4 is 26.5 Å². The number of hydrogen-bond donors (Lipinski definition) is 4. The summed E-state index contributed by atoms with van der Waals surface area (Å²) in [7, 11) is -1.17. The summed E-state index contributed by atoms with van der Waals surface area (Å²) in [5.41, 5.74) is 15.4. The molecule has 0 aliphatic rings. The first kappa shape index (κ1) is 10.5. The summed E-state index contributed by atoms with van der Waals surface area (Å²) < 4.78 is 8.51. The monoisotopic (exact) mass is 191 g/mol. The van der Waals surface area contributed by atoms with Crippen LogP contribution in [0.3, 0.4) is 0 Å². The fourth-order valence-corrected chi connectivity index (χ4v) is 0.427. The molecule has 0 saturated heterocycles. The van der Waals surface area contributed by atoms with Crippen molar-refractivity contribution in [2.45, 2.75) is 0 Å². The number of nitrogen functional groups attached to an aromatic ring is 3. The fraction of sp³-hybridized carbons (Fsp3) is 0. The van der Waals surface area contributed by atoms with Gasteiger partial charge in [0.25, 0.3) is 0 Å². The van der Waals surface area contributed by atoms with Crippen LogP contribution in [-0.4, -0.2) is 19.8 Å². The van der Waals surface area contributed by atoms with E-state index < -0.39 is 8.69 Å². The zero-order valence-electron chi connectivity index (χ0n) is 5.93. The summed E-state index contributed by atoms with van der Waals surface area (Å²) in [5.74, 6) is 0.125. The molecule has 0 radical (unpaired) electrons. The molecule has 0 saturated carbocycles. The molecule has 0 aliphatic heterocycles. The highest BCUT2D eigenvalue weighted by Gasteiger charge is 1.93. The molecule has 0 bridgehead atoms. The number of rotatable bonds is 0. The molecule has 1 heterocycles. The van der Waals surface area contributed by atoms with Crippen LogP contribution in [-0.2, 0) is 4.57 Å². The maximum Gasteiger partial charge on any atom is 0.491 e. The molecule has 1 unspecified atom stereocenters. The van der Waals surface area contributed by atoms with Crippen LogP contribution >= 0.6 is 8.69 Å². The van der Waals surface area contributed by atoms with E-state index in [-0.39, 0.29) is 17.8 Å². The number of hydrogen-bond acceptors (Lipinski definition) is 7. The van der Waals surface area contributed by atoms with Gasteiger partial charge in [-0.2, -0.15) is 19.8 Å². The molecule has 0 amide bonds. The Bertz CT molecular complexity index is 216. The minimum absolute atomic E-state index is 0.0417. The summed E-state index contributed by atoms with van der Waals surface area (Å²) in [6.07, 6.45) is 0. The van der Waals surface area contributed by atoms with Gasteiger partial charge in [0, 0.05) is 0 Å². The molecule has 7 N–H and O–H groups in total. The quantitative estimate of drug-likeness (QED) is 0.362. The van der Waals surface area contributed by atoms with Crippen molar-refractivity contribution in [3.8, 4) is 0 Å². The molecule has 12 heavy (non-hydrogen) atoms. The minimum Gasteiger partial charge on any atom is -0.368 e. The van der Waals surface area contributed by atoms with E-state index >= 15 is 0 Å². The topological polar surface area (TPSA) is 154 Å². The molecule has 0 fully saturated rings. The smallest absolute Gasteiger partial charge is 0.368 e. The van der Waals surface area contributed by atoms with E-state index in [2.05, 4.69) is 15.0 Å². The first-order chi connectivity index (χ1) is 5.60. The lowest BCUT2D eigenvalue weighted by Gasteiger charge is -1.93. The summed E-state index contributed by atoms with van der Waals surface area (Å²) in [6, 6.07) is 0. The van der Waals surface area contributed by atoms with Gasteiger partial charge in [-0.3, -0.25) is 0 Å². The predicted molar refractivity (Wildman–Crippen MR) is 44.3 cm³/mol. The second-order valence-corrected chi connectivity index (χ2v) is 1.68. The first-order valence-corrected chi connectivity index (χ1v) is 3.49. The molecular weight excluding hydrogens is 183 g/mol. The lowest BCUT2D eigenvalue weighted by molar-refractivity contribution is 0.524. The van der Waals surface area contributed by atoms with Crippen molar-refractivity contribution in [1.29, 1.82) is 0 Å². The van der Waals surface area contributed by atoms with Crippen LogP contribution in [0.2, 0.25) is 0 Å². The van der Waals surface area contributed by atoms with Gasteiger partial charge >= 0.3 is 8.69 Å². The van der Waals surface area contributed by atoms with Crippen molar-refractivity contribution in [1.82, 2.24) is 15.0 Å². The second kappa shape index (κ2) is 5.16. The molecule has 1 rings (SSSR count). The molecule has 66 valence electrons. The summed E-state index contributed by atoms with van der Waals surface area (Å²) in [4.78, 5) is 17.5. The van der Waals surface area contributed by atoms with Gasteiger partial charge in [-0.15, -0.1) is 0 Å². The Hall–Kier alpha value is -1.53. The Kier molecular flexibility index (Phi) is 4.51. The third-order valence-electron chi connectivity index (χ3n) is 0.687. The number of aromatic nitrogens is 3. The van der Waals surface area contributed by atoms with E-state index in [0.29, 0.717) is 0 Å². The summed E-state index contributed by atoms with van der Waals surface area (Å²) in [6.45, 7) is 0. The van der Waals surface area contributed by atoms with Gasteiger partial charge in [0.2, 0.25) is 17.8 Å². The first-order valence-electron chi connectivity index (χ1n) is 2.64. The standard InChI is InChI=1S/C3H6N6.HO2P/c4-1-7-2(5)9-3(6)8-1;1-3-2/h(H6,4,5,6,7,8,9);3H/p+1. The third-order valence-corrected chi connectivity index (χ3v) is 0.687. The Morgan fingerprint density at radius 2 is 1.17 bits per heavy atom. The zero-order valence-corrected chi connectivity index (χ0v) is 6.93. The second-order valence-electron chi connectivity index (χ2n) is 1.50. The molecule has 1 atom stereocenters. The van der Waals surface area contributed by atoms with Crippen molar-refractivity contribution in [2.24, 2.45) is 0 Å². The summed E-state index contributed by atoms with van der Waals surface area (Å²) in [5, 5.41) is 0. The molecule has 1 aromatic heterocycles. The molecule has 0 aliphatic carbocycles. The van der Waals surface area contributed by atoms with Crippen molar-refractivity contribution in [3.05, 3.63) is 0 Å². The van der Waals surface area contributed by atoms with Crippen molar-refractivity contribution < 1.29 is 9.46 Å². The van der Waals surface area contributed by atoms with Gasteiger partial charge in [-0.1, -0.05) is 0 Å². The van der Waals surface area contributed by atoms with Gasteiger partial charge in [-0.25, -0.2) is 0 Å².